The third-order valence-electron chi connectivity index (χ3n) is 5.06. The first-order valence-corrected chi connectivity index (χ1v) is 9.30. The first-order chi connectivity index (χ1) is 13.1. The van der Waals surface area contributed by atoms with Gasteiger partial charge >= 0.3 is 5.97 Å². The molecule has 1 atom stereocenters. The van der Waals surface area contributed by atoms with Crippen molar-refractivity contribution in [3.8, 4) is 0 Å². The average Bonchev–Trinajstić information content (AvgIpc) is 2.70. The van der Waals surface area contributed by atoms with Gasteiger partial charge < -0.3 is 10.4 Å². The molecule has 2 N–H and O–H groups in total. The van der Waals surface area contributed by atoms with Crippen LogP contribution in [0.3, 0.4) is 0 Å². The smallest absolute Gasteiger partial charge is 0.373 e. The number of carboxylic acids is 1. The van der Waals surface area contributed by atoms with Crippen LogP contribution in [0.5, 0.6) is 0 Å². The topological polar surface area (TPSA) is 83.5 Å². The minimum absolute atomic E-state index is 0.129. The molecule has 1 saturated carbocycles. The molecule has 0 aliphatic heterocycles. The van der Waals surface area contributed by atoms with E-state index in [9.17, 15) is 19.5 Å². The van der Waals surface area contributed by atoms with Crippen LogP contribution < -0.4 is 5.32 Å². The predicted octanol–water partition coefficient (Wildman–Crippen LogP) is 3.53. The van der Waals surface area contributed by atoms with E-state index in [2.05, 4.69) is 5.32 Å². The second kappa shape index (κ2) is 8.62. The summed E-state index contributed by atoms with van der Waals surface area (Å²) in [5, 5.41) is 12.4. The molecule has 0 aromatic heterocycles. The zero-order chi connectivity index (χ0) is 19.2. The minimum atomic E-state index is -1.51. The molecule has 1 aliphatic rings. The fraction of sp³-hybridized carbons (Fsp3) is 0.318. The van der Waals surface area contributed by atoms with Crippen LogP contribution in [-0.2, 0) is 9.59 Å². The van der Waals surface area contributed by atoms with Gasteiger partial charge in [0.05, 0.1) is 5.92 Å². The normalized spacial score (nSPS) is 15.7. The Kier molecular flexibility index (Phi) is 6.01. The Morgan fingerprint density at radius 1 is 0.889 bits per heavy atom. The summed E-state index contributed by atoms with van der Waals surface area (Å²) in [6.45, 7) is 0. The molecule has 0 radical (unpaired) electrons. The van der Waals surface area contributed by atoms with Gasteiger partial charge in [0, 0.05) is 11.6 Å². The summed E-state index contributed by atoms with van der Waals surface area (Å²) in [4.78, 5) is 36.8. The number of amides is 1. The van der Waals surface area contributed by atoms with Crippen molar-refractivity contribution in [2.24, 2.45) is 0 Å². The largest absolute Gasteiger partial charge is 0.475 e. The van der Waals surface area contributed by atoms with Crippen molar-refractivity contribution in [3.05, 3.63) is 71.3 Å². The van der Waals surface area contributed by atoms with Crippen molar-refractivity contribution in [2.75, 3.05) is 0 Å². The van der Waals surface area contributed by atoms with Crippen molar-refractivity contribution in [3.63, 3.8) is 0 Å². The quantitative estimate of drug-likeness (QED) is 0.767. The second-order valence-electron chi connectivity index (χ2n) is 6.91. The highest BCUT2D eigenvalue weighted by Crippen LogP contribution is 2.29. The Bertz CT molecular complexity index is 825. The molecular weight excluding hydrogens is 342 g/mol. The van der Waals surface area contributed by atoms with Crippen molar-refractivity contribution in [1.82, 2.24) is 5.32 Å². The molecule has 0 heterocycles. The lowest BCUT2D eigenvalue weighted by atomic mass is 9.84. The van der Waals surface area contributed by atoms with E-state index in [0.29, 0.717) is 16.7 Å². The predicted molar refractivity (Wildman–Crippen MR) is 102 cm³/mol. The summed E-state index contributed by atoms with van der Waals surface area (Å²) in [5.74, 6) is -3.72. The van der Waals surface area contributed by atoms with E-state index >= 15 is 0 Å². The number of hydrogen-bond acceptors (Lipinski definition) is 3. The molecule has 2 aromatic carbocycles. The van der Waals surface area contributed by atoms with Crippen LogP contribution in [-0.4, -0.2) is 28.8 Å². The molecule has 3 rings (SSSR count). The Morgan fingerprint density at radius 2 is 1.52 bits per heavy atom. The molecule has 140 valence electrons. The highest BCUT2D eigenvalue weighted by atomic mass is 16.4. The summed E-state index contributed by atoms with van der Waals surface area (Å²) in [7, 11) is 0. The van der Waals surface area contributed by atoms with E-state index in [1.165, 1.54) is 6.42 Å². The zero-order valence-corrected chi connectivity index (χ0v) is 15.1. The third-order valence-corrected chi connectivity index (χ3v) is 5.06. The van der Waals surface area contributed by atoms with Gasteiger partial charge in [-0.3, -0.25) is 9.59 Å². The number of aliphatic carboxylic acids is 1. The van der Waals surface area contributed by atoms with Gasteiger partial charge in [0.15, 0.2) is 0 Å². The van der Waals surface area contributed by atoms with E-state index in [-0.39, 0.29) is 11.9 Å². The standard InChI is InChI=1S/C22H23NO4/c24-20(22(26)27)19(15-9-3-1-4-10-15)17-13-7-8-14-18(17)21(25)23-16-11-5-2-6-12-16/h1,3-4,7-10,13-14,16,19H,2,5-6,11-12H2,(H,23,25)(H,26,27). The lowest BCUT2D eigenvalue weighted by molar-refractivity contribution is -0.149. The molecule has 1 amide bonds. The molecule has 1 aliphatic carbocycles. The fourth-order valence-electron chi connectivity index (χ4n) is 3.71. The van der Waals surface area contributed by atoms with Crippen LogP contribution >= 0.6 is 0 Å². The molecule has 1 fully saturated rings. The van der Waals surface area contributed by atoms with E-state index in [4.69, 9.17) is 0 Å². The van der Waals surface area contributed by atoms with Crippen LogP contribution in [0.4, 0.5) is 0 Å². The van der Waals surface area contributed by atoms with Crippen LogP contribution in [0.15, 0.2) is 54.6 Å². The first-order valence-electron chi connectivity index (χ1n) is 9.30. The number of nitrogens with one attached hydrogen (secondary N) is 1. The summed E-state index contributed by atoms with van der Waals surface area (Å²) in [5.41, 5.74) is 1.33. The maximum Gasteiger partial charge on any atom is 0.373 e. The van der Waals surface area contributed by atoms with Gasteiger partial charge in [-0.1, -0.05) is 67.8 Å². The number of hydrogen-bond donors (Lipinski definition) is 2. The molecule has 0 bridgehead atoms. The summed E-state index contributed by atoms with van der Waals surface area (Å²) in [6, 6.07) is 15.6. The summed E-state index contributed by atoms with van der Waals surface area (Å²) in [6.07, 6.45) is 5.27. The lowest BCUT2D eigenvalue weighted by Gasteiger charge is -2.24. The molecule has 2 aromatic rings. The van der Waals surface area contributed by atoms with Crippen molar-refractivity contribution < 1.29 is 19.5 Å². The Balaban J connectivity index is 1.97. The third kappa shape index (κ3) is 4.42. The van der Waals surface area contributed by atoms with Crippen LogP contribution in [0, 0.1) is 0 Å². The second-order valence-corrected chi connectivity index (χ2v) is 6.91. The molecule has 5 heteroatoms. The molecule has 0 spiro atoms. The van der Waals surface area contributed by atoms with Crippen LogP contribution in [0.2, 0.25) is 0 Å². The lowest BCUT2D eigenvalue weighted by Crippen LogP contribution is -2.37. The maximum absolute atomic E-state index is 12.9. The molecule has 5 nitrogen and oxygen atoms in total. The van der Waals surface area contributed by atoms with Gasteiger partial charge in [0.1, 0.15) is 0 Å². The van der Waals surface area contributed by atoms with Gasteiger partial charge in [-0.15, -0.1) is 0 Å². The van der Waals surface area contributed by atoms with Gasteiger partial charge in [-0.25, -0.2) is 4.79 Å². The van der Waals surface area contributed by atoms with E-state index < -0.39 is 17.7 Å². The van der Waals surface area contributed by atoms with Crippen LogP contribution in [0.25, 0.3) is 0 Å². The monoisotopic (exact) mass is 365 g/mol. The van der Waals surface area contributed by atoms with Gasteiger partial charge in [0.25, 0.3) is 11.7 Å². The number of rotatable bonds is 6. The average molecular weight is 365 g/mol. The van der Waals surface area contributed by atoms with Gasteiger partial charge in [-0.05, 0) is 30.0 Å². The molecule has 27 heavy (non-hydrogen) atoms. The molecular formula is C22H23NO4. The van der Waals surface area contributed by atoms with Crippen LogP contribution in [0.1, 0.15) is 59.5 Å². The highest BCUT2D eigenvalue weighted by molar-refractivity contribution is 6.36. The highest BCUT2D eigenvalue weighted by Gasteiger charge is 2.31. The maximum atomic E-state index is 12.9. The SMILES string of the molecule is O=C(O)C(=O)C(c1ccccc1)c1ccccc1C(=O)NC1CCCCC1. The Labute approximate surface area is 158 Å². The van der Waals surface area contributed by atoms with E-state index in [1.54, 1.807) is 54.6 Å². The van der Waals surface area contributed by atoms with Crippen molar-refractivity contribution in [2.45, 2.75) is 44.1 Å². The summed E-state index contributed by atoms with van der Waals surface area (Å²) >= 11 is 0. The Hall–Kier alpha value is -2.95. The van der Waals surface area contributed by atoms with Crippen molar-refractivity contribution in [1.29, 1.82) is 0 Å². The number of carboxylic acid groups (broad SMARTS) is 1. The first kappa shape index (κ1) is 18.8. The molecule has 0 saturated heterocycles. The number of carbonyl (C=O) groups excluding carboxylic acids is 2. The van der Waals surface area contributed by atoms with Gasteiger partial charge in [-0.2, -0.15) is 0 Å². The van der Waals surface area contributed by atoms with E-state index in [1.807, 2.05) is 0 Å². The summed E-state index contributed by atoms with van der Waals surface area (Å²) < 4.78 is 0. The number of Topliss-reactive ketones (excluding diaryl/α,β-unsaturated/α-hetero) is 1. The number of benzene rings is 2. The van der Waals surface area contributed by atoms with Gasteiger partial charge in [0.2, 0.25) is 0 Å². The number of carbonyl (C=O) groups is 3. The van der Waals surface area contributed by atoms with Crippen molar-refractivity contribution >= 4 is 17.7 Å². The minimum Gasteiger partial charge on any atom is -0.475 e. The molecule has 1 unspecified atom stereocenters. The fourth-order valence-corrected chi connectivity index (χ4v) is 3.71. The zero-order valence-electron chi connectivity index (χ0n) is 15.1. The Morgan fingerprint density at radius 3 is 2.19 bits per heavy atom. The number of ketones is 1. The van der Waals surface area contributed by atoms with E-state index in [0.717, 1.165) is 25.7 Å².